The van der Waals surface area contributed by atoms with Gasteiger partial charge in [-0.15, -0.1) is 0 Å². The van der Waals surface area contributed by atoms with Gasteiger partial charge in [0.15, 0.2) is 5.65 Å². The number of hydrogen-bond acceptors (Lipinski definition) is 5. The normalized spacial score (nSPS) is 14.0. The number of fused-ring (bicyclic) bond motifs is 1. The largest absolute Gasteiger partial charge is 0.416 e. The van der Waals surface area contributed by atoms with Crippen molar-refractivity contribution in [3.05, 3.63) is 71.4 Å². The molecule has 5 rings (SSSR count). The number of carbonyl (C=O) groups is 1. The highest BCUT2D eigenvalue weighted by atomic mass is 32.2. The van der Waals surface area contributed by atoms with E-state index in [1.165, 1.54) is 28.9 Å². The molecule has 2 N–H and O–H groups in total. The van der Waals surface area contributed by atoms with Crippen molar-refractivity contribution >= 4 is 29.0 Å². The molecule has 1 aliphatic carbocycles. The molecule has 0 unspecified atom stereocenters. The number of nitrogens with zero attached hydrogens (tertiary/aromatic N) is 3. The minimum Gasteiger partial charge on any atom is -0.382 e. The summed E-state index contributed by atoms with van der Waals surface area (Å²) in [4.78, 5) is 17.4. The smallest absolute Gasteiger partial charge is 0.382 e. The van der Waals surface area contributed by atoms with Crippen LogP contribution in [-0.4, -0.2) is 39.3 Å². The summed E-state index contributed by atoms with van der Waals surface area (Å²) in [5.74, 6) is -0.158. The number of hydrogen-bond donors (Lipinski definition) is 2. The summed E-state index contributed by atoms with van der Waals surface area (Å²) in [7, 11) is 0. The first kappa shape index (κ1) is 27.8. The van der Waals surface area contributed by atoms with Crippen molar-refractivity contribution in [1.82, 2.24) is 19.9 Å². The Hall–Kier alpha value is -3.74. The lowest BCUT2D eigenvalue weighted by Crippen LogP contribution is -2.26. The van der Waals surface area contributed by atoms with Crippen LogP contribution in [0.1, 0.15) is 40.7 Å². The first-order chi connectivity index (χ1) is 18.9. The molecule has 1 fully saturated rings. The summed E-state index contributed by atoms with van der Waals surface area (Å²) in [6, 6.07) is 11.5. The second-order valence-corrected chi connectivity index (χ2v) is 10.6. The molecule has 0 bridgehead atoms. The fourth-order valence-corrected chi connectivity index (χ4v) is 4.88. The molecule has 2 heterocycles. The first-order valence-corrected chi connectivity index (χ1v) is 13.2. The SMILES string of the molecule is Cc1cc(-c2cnc3c(NCCC(F)(F)F)cc(Sc4ccc(C(F)(F)F)cc4)nn23)ccc1C(=O)NC1CC1. The molecule has 0 atom stereocenters. The highest BCUT2D eigenvalue weighted by Gasteiger charge is 2.30. The number of aromatic nitrogens is 3. The van der Waals surface area contributed by atoms with Crippen molar-refractivity contribution in [2.24, 2.45) is 0 Å². The van der Waals surface area contributed by atoms with E-state index in [0.29, 0.717) is 26.7 Å². The van der Waals surface area contributed by atoms with E-state index < -0.39 is 30.9 Å². The van der Waals surface area contributed by atoms with Crippen LogP contribution in [0.15, 0.2) is 64.6 Å². The average molecular weight is 580 g/mol. The van der Waals surface area contributed by atoms with Crippen LogP contribution in [0.5, 0.6) is 0 Å². The van der Waals surface area contributed by atoms with Crippen molar-refractivity contribution in [2.45, 2.75) is 54.5 Å². The number of nitrogens with one attached hydrogen (secondary N) is 2. The van der Waals surface area contributed by atoms with Gasteiger partial charge in [0.05, 0.1) is 29.6 Å². The fourth-order valence-electron chi connectivity index (χ4n) is 4.06. The summed E-state index contributed by atoms with van der Waals surface area (Å²) in [5.41, 5.74) is 2.24. The molecule has 2 aromatic heterocycles. The lowest BCUT2D eigenvalue weighted by molar-refractivity contribution is -0.137. The lowest BCUT2D eigenvalue weighted by atomic mass is 10.0. The van der Waals surface area contributed by atoms with Crippen LogP contribution in [0.3, 0.4) is 0 Å². The van der Waals surface area contributed by atoms with E-state index in [4.69, 9.17) is 0 Å². The quantitative estimate of drug-likeness (QED) is 0.217. The number of amides is 1. The molecular weight excluding hydrogens is 556 g/mol. The van der Waals surface area contributed by atoms with Gasteiger partial charge in [0.1, 0.15) is 5.03 Å². The fraction of sp³-hybridized carbons (Fsp3) is 0.296. The topological polar surface area (TPSA) is 71.3 Å². The number of rotatable bonds is 8. The van der Waals surface area contributed by atoms with Gasteiger partial charge < -0.3 is 10.6 Å². The molecule has 0 spiro atoms. The monoisotopic (exact) mass is 579 g/mol. The molecule has 6 nitrogen and oxygen atoms in total. The minimum atomic E-state index is -4.48. The molecule has 1 amide bonds. The van der Waals surface area contributed by atoms with E-state index in [0.717, 1.165) is 42.3 Å². The van der Waals surface area contributed by atoms with Crippen LogP contribution in [-0.2, 0) is 6.18 Å². The molecule has 1 saturated carbocycles. The Labute approximate surface area is 229 Å². The number of aryl methyl sites for hydroxylation is 1. The minimum absolute atomic E-state index is 0.158. The van der Waals surface area contributed by atoms with Gasteiger partial charge in [-0.05, 0) is 67.8 Å². The van der Waals surface area contributed by atoms with Crippen molar-refractivity contribution in [2.75, 3.05) is 11.9 Å². The van der Waals surface area contributed by atoms with Gasteiger partial charge in [-0.2, -0.15) is 31.4 Å². The second kappa shape index (κ2) is 10.7. The van der Waals surface area contributed by atoms with Crippen molar-refractivity contribution in [3.63, 3.8) is 0 Å². The second-order valence-electron chi connectivity index (χ2n) is 9.47. The van der Waals surface area contributed by atoms with Crippen LogP contribution in [0, 0.1) is 6.92 Å². The molecule has 1 aliphatic rings. The summed E-state index contributed by atoms with van der Waals surface area (Å²) < 4.78 is 78.7. The highest BCUT2D eigenvalue weighted by molar-refractivity contribution is 7.99. The van der Waals surface area contributed by atoms with E-state index >= 15 is 0 Å². The molecular formula is C27H23F6N5OS. The Bertz CT molecular complexity index is 1540. The van der Waals surface area contributed by atoms with Crippen LogP contribution in [0.4, 0.5) is 32.0 Å². The zero-order chi connectivity index (χ0) is 28.7. The molecule has 13 heteroatoms. The van der Waals surface area contributed by atoms with Gasteiger partial charge in [-0.3, -0.25) is 4.79 Å². The van der Waals surface area contributed by atoms with Crippen LogP contribution < -0.4 is 10.6 Å². The number of anilines is 1. The highest BCUT2D eigenvalue weighted by Crippen LogP contribution is 2.35. The van der Waals surface area contributed by atoms with Crippen LogP contribution in [0.25, 0.3) is 16.9 Å². The Morgan fingerprint density at radius 1 is 1.05 bits per heavy atom. The number of halogens is 6. The van der Waals surface area contributed by atoms with E-state index in [2.05, 4.69) is 20.7 Å². The van der Waals surface area contributed by atoms with Crippen molar-refractivity contribution in [3.8, 4) is 11.3 Å². The summed E-state index contributed by atoms with van der Waals surface area (Å²) in [6.45, 7) is 1.40. The third kappa shape index (κ3) is 6.52. The zero-order valence-electron chi connectivity index (χ0n) is 21.0. The predicted octanol–water partition coefficient (Wildman–Crippen LogP) is 7.13. The first-order valence-electron chi connectivity index (χ1n) is 12.3. The van der Waals surface area contributed by atoms with Gasteiger partial charge in [0.25, 0.3) is 5.91 Å². The summed E-state index contributed by atoms with van der Waals surface area (Å²) in [6.07, 6.45) is -6.46. The Balaban J connectivity index is 1.49. The number of imidazole rings is 1. The van der Waals surface area contributed by atoms with Crippen LogP contribution in [0.2, 0.25) is 0 Å². The molecule has 0 radical (unpaired) electrons. The van der Waals surface area contributed by atoms with E-state index in [-0.39, 0.29) is 23.3 Å². The zero-order valence-corrected chi connectivity index (χ0v) is 21.8. The van der Waals surface area contributed by atoms with Crippen molar-refractivity contribution in [1.29, 1.82) is 0 Å². The Kier molecular flexibility index (Phi) is 7.42. The van der Waals surface area contributed by atoms with Gasteiger partial charge in [0, 0.05) is 28.6 Å². The number of carbonyl (C=O) groups excluding carboxylic acids is 1. The van der Waals surface area contributed by atoms with Crippen LogP contribution >= 0.6 is 11.8 Å². The average Bonchev–Trinajstić information content (AvgIpc) is 3.58. The maximum Gasteiger partial charge on any atom is 0.416 e. The molecule has 210 valence electrons. The Morgan fingerprint density at radius 3 is 2.40 bits per heavy atom. The van der Waals surface area contributed by atoms with E-state index in [1.807, 2.05) is 0 Å². The third-order valence-electron chi connectivity index (χ3n) is 6.25. The molecule has 40 heavy (non-hydrogen) atoms. The predicted molar refractivity (Wildman–Crippen MR) is 138 cm³/mol. The van der Waals surface area contributed by atoms with E-state index in [9.17, 15) is 31.1 Å². The molecule has 4 aromatic rings. The summed E-state index contributed by atoms with van der Waals surface area (Å²) >= 11 is 1.06. The van der Waals surface area contributed by atoms with Crippen molar-refractivity contribution < 1.29 is 31.1 Å². The summed E-state index contributed by atoms with van der Waals surface area (Å²) in [5, 5.41) is 10.6. The molecule has 0 aliphatic heterocycles. The van der Waals surface area contributed by atoms with Gasteiger partial charge in [0.2, 0.25) is 0 Å². The van der Waals surface area contributed by atoms with Gasteiger partial charge >= 0.3 is 12.4 Å². The number of alkyl halides is 6. The lowest BCUT2D eigenvalue weighted by Gasteiger charge is -2.13. The standard InChI is InChI=1S/C27H23F6N5OS/c1-15-12-16(2-9-20(15)25(39)36-18-5-6-18)22-14-35-24-21(34-11-10-26(28,29)30)13-23(37-38(22)24)40-19-7-3-17(4-8-19)27(31,32)33/h2-4,7-9,12-14,18,34H,5-6,10-11H2,1H3,(H,36,39). The van der Waals surface area contributed by atoms with Gasteiger partial charge in [-0.1, -0.05) is 17.8 Å². The maximum absolute atomic E-state index is 13.0. The number of benzene rings is 2. The molecule has 2 aromatic carbocycles. The third-order valence-corrected chi connectivity index (χ3v) is 7.17. The van der Waals surface area contributed by atoms with Gasteiger partial charge in [-0.25, -0.2) is 9.50 Å². The molecule has 0 saturated heterocycles. The maximum atomic E-state index is 13.0. The Morgan fingerprint density at radius 2 is 1.77 bits per heavy atom. The van der Waals surface area contributed by atoms with E-state index in [1.54, 1.807) is 25.1 Å².